The summed E-state index contributed by atoms with van der Waals surface area (Å²) in [4.78, 5) is 48.2. The highest BCUT2D eigenvalue weighted by molar-refractivity contribution is 6.21. The predicted octanol–water partition coefficient (Wildman–Crippen LogP) is 4.86. The number of hydrogen-bond donors (Lipinski definition) is 4. The molecular formula is C34H31N9O3. The van der Waals surface area contributed by atoms with Gasteiger partial charge < -0.3 is 16.0 Å². The molecule has 0 bridgehead atoms. The molecule has 1 aromatic heterocycles. The van der Waals surface area contributed by atoms with Gasteiger partial charge in [-0.25, -0.2) is 9.79 Å². The molecule has 0 saturated carbocycles. The quantitative estimate of drug-likeness (QED) is 0.196. The van der Waals surface area contributed by atoms with Crippen molar-refractivity contribution in [1.82, 2.24) is 25.9 Å². The zero-order valence-electron chi connectivity index (χ0n) is 25.1. The van der Waals surface area contributed by atoms with Crippen molar-refractivity contribution in [3.63, 3.8) is 0 Å². The first-order valence-corrected chi connectivity index (χ1v) is 14.7. The SMILES string of the molecule is CC(C)C(C(=O)Nc1ccccc1)N1C(=O)C(NC(=O)Nc2cccc(-c3nn[nH]n3)c2)N=C(c2ccccc2)c2ccccc21. The first-order chi connectivity index (χ1) is 22.4. The van der Waals surface area contributed by atoms with Crippen molar-refractivity contribution in [1.29, 1.82) is 0 Å². The van der Waals surface area contributed by atoms with E-state index in [-0.39, 0.29) is 11.8 Å². The summed E-state index contributed by atoms with van der Waals surface area (Å²) in [6.07, 6.45) is -1.37. The molecule has 0 fully saturated rings. The number of rotatable bonds is 8. The fraction of sp³-hybridized carbons (Fsp3) is 0.147. The van der Waals surface area contributed by atoms with Crippen LogP contribution < -0.4 is 20.9 Å². The first-order valence-electron chi connectivity index (χ1n) is 14.7. The number of benzodiazepines with no additional fused rings is 1. The first kappa shape index (κ1) is 29.9. The molecule has 46 heavy (non-hydrogen) atoms. The minimum Gasteiger partial charge on any atom is -0.324 e. The van der Waals surface area contributed by atoms with Crippen LogP contribution in [0.5, 0.6) is 0 Å². The van der Waals surface area contributed by atoms with Crippen LogP contribution in [0.1, 0.15) is 25.0 Å². The third-order valence-electron chi connectivity index (χ3n) is 7.41. The second kappa shape index (κ2) is 13.2. The second-order valence-corrected chi connectivity index (χ2v) is 10.9. The lowest BCUT2D eigenvalue weighted by Crippen LogP contribution is -2.56. The highest BCUT2D eigenvalue weighted by Gasteiger charge is 2.41. The monoisotopic (exact) mass is 613 g/mol. The van der Waals surface area contributed by atoms with Gasteiger partial charge in [-0.05, 0) is 41.5 Å². The number of amides is 4. The average molecular weight is 614 g/mol. The van der Waals surface area contributed by atoms with Gasteiger partial charge in [0.05, 0.1) is 11.4 Å². The number of para-hydroxylation sites is 2. The van der Waals surface area contributed by atoms with E-state index in [1.165, 1.54) is 4.90 Å². The fourth-order valence-electron chi connectivity index (χ4n) is 5.36. The van der Waals surface area contributed by atoms with E-state index in [0.717, 1.165) is 5.56 Å². The molecule has 0 saturated heterocycles. The van der Waals surface area contributed by atoms with E-state index < -0.39 is 24.1 Å². The maximum absolute atomic E-state index is 14.6. The summed E-state index contributed by atoms with van der Waals surface area (Å²) < 4.78 is 0. The van der Waals surface area contributed by atoms with Gasteiger partial charge in [-0.15, -0.1) is 10.2 Å². The van der Waals surface area contributed by atoms with Crippen molar-refractivity contribution in [3.05, 3.63) is 120 Å². The van der Waals surface area contributed by atoms with Crippen LogP contribution in [0, 0.1) is 5.92 Å². The number of carbonyl (C=O) groups is 3. The molecule has 2 unspecified atom stereocenters. The molecular weight excluding hydrogens is 582 g/mol. The minimum atomic E-state index is -1.37. The third-order valence-corrected chi connectivity index (χ3v) is 7.41. The van der Waals surface area contributed by atoms with Gasteiger partial charge in [0.25, 0.3) is 5.91 Å². The number of hydrogen-bond acceptors (Lipinski definition) is 7. The number of tetrazole rings is 1. The topological polar surface area (TPSA) is 157 Å². The molecule has 0 spiro atoms. The summed E-state index contributed by atoms with van der Waals surface area (Å²) in [7, 11) is 0. The molecule has 12 nitrogen and oxygen atoms in total. The fourth-order valence-corrected chi connectivity index (χ4v) is 5.36. The smallest absolute Gasteiger partial charge is 0.321 e. The number of aromatic amines is 1. The Balaban J connectivity index is 1.38. The zero-order valence-corrected chi connectivity index (χ0v) is 25.1. The van der Waals surface area contributed by atoms with Gasteiger partial charge in [0.15, 0.2) is 0 Å². The highest BCUT2D eigenvalue weighted by atomic mass is 16.2. The minimum absolute atomic E-state index is 0.304. The molecule has 230 valence electrons. The number of aliphatic imine (C=N–C) groups is 1. The second-order valence-electron chi connectivity index (χ2n) is 10.9. The number of urea groups is 1. The molecule has 5 aromatic rings. The Hall–Kier alpha value is -6.17. The Bertz CT molecular complexity index is 1880. The van der Waals surface area contributed by atoms with Crippen LogP contribution >= 0.6 is 0 Å². The molecule has 0 aliphatic carbocycles. The molecule has 2 heterocycles. The molecule has 4 N–H and O–H groups in total. The Labute approximate surface area is 265 Å². The maximum atomic E-state index is 14.6. The molecule has 0 radical (unpaired) electrons. The summed E-state index contributed by atoms with van der Waals surface area (Å²) in [5.41, 5.74) is 4.09. The zero-order chi connectivity index (χ0) is 32.0. The van der Waals surface area contributed by atoms with Gasteiger partial charge in [-0.1, -0.05) is 92.7 Å². The average Bonchev–Trinajstić information content (AvgIpc) is 3.58. The van der Waals surface area contributed by atoms with Crippen molar-refractivity contribution in [2.45, 2.75) is 26.1 Å². The number of H-pyrrole nitrogens is 1. The summed E-state index contributed by atoms with van der Waals surface area (Å²) >= 11 is 0. The van der Waals surface area contributed by atoms with E-state index >= 15 is 0 Å². The molecule has 4 aromatic carbocycles. The molecule has 1 aliphatic heterocycles. The van der Waals surface area contributed by atoms with Gasteiger partial charge >= 0.3 is 6.03 Å². The summed E-state index contributed by atoms with van der Waals surface area (Å²) in [5.74, 6) is -0.867. The third kappa shape index (κ3) is 6.36. The number of fused-ring (bicyclic) bond motifs is 1. The number of aromatic nitrogens is 4. The lowest BCUT2D eigenvalue weighted by Gasteiger charge is -2.34. The van der Waals surface area contributed by atoms with E-state index in [2.05, 4.69) is 36.6 Å². The van der Waals surface area contributed by atoms with Crippen LogP contribution in [-0.4, -0.2) is 56.4 Å². The van der Waals surface area contributed by atoms with Crippen LogP contribution in [0.3, 0.4) is 0 Å². The summed E-state index contributed by atoms with van der Waals surface area (Å²) in [6, 6.07) is 31.1. The Kier molecular flexibility index (Phi) is 8.59. The van der Waals surface area contributed by atoms with Crippen molar-refractivity contribution in [3.8, 4) is 11.4 Å². The number of benzene rings is 4. The molecule has 1 aliphatic rings. The van der Waals surface area contributed by atoms with E-state index in [1.807, 2.05) is 80.6 Å². The summed E-state index contributed by atoms with van der Waals surface area (Å²) in [5, 5.41) is 22.4. The van der Waals surface area contributed by atoms with Crippen molar-refractivity contribution >= 4 is 40.6 Å². The van der Waals surface area contributed by atoms with Crippen molar-refractivity contribution in [2.75, 3.05) is 15.5 Å². The number of nitrogens with zero attached hydrogens (tertiary/aromatic N) is 5. The normalized spacial score (nSPS) is 14.9. The molecule has 4 amide bonds. The Morgan fingerprint density at radius 3 is 2.20 bits per heavy atom. The van der Waals surface area contributed by atoms with Gasteiger partial charge in [-0.2, -0.15) is 5.21 Å². The molecule has 12 heteroatoms. The summed E-state index contributed by atoms with van der Waals surface area (Å²) in [6.45, 7) is 3.75. The van der Waals surface area contributed by atoms with Gasteiger partial charge in [0.1, 0.15) is 6.04 Å². The van der Waals surface area contributed by atoms with Crippen molar-refractivity contribution < 1.29 is 14.4 Å². The van der Waals surface area contributed by atoms with E-state index in [1.54, 1.807) is 42.5 Å². The van der Waals surface area contributed by atoms with Crippen molar-refractivity contribution in [2.24, 2.45) is 10.9 Å². The number of anilines is 3. The van der Waals surface area contributed by atoms with E-state index in [0.29, 0.717) is 39.7 Å². The number of carbonyl (C=O) groups excluding carboxylic acids is 3. The van der Waals surface area contributed by atoms with Crippen LogP contribution in [0.4, 0.5) is 21.9 Å². The van der Waals surface area contributed by atoms with E-state index in [9.17, 15) is 14.4 Å². The maximum Gasteiger partial charge on any atom is 0.321 e. The van der Waals surface area contributed by atoms with E-state index in [4.69, 9.17) is 4.99 Å². The largest absolute Gasteiger partial charge is 0.324 e. The lowest BCUT2D eigenvalue weighted by molar-refractivity contribution is -0.125. The predicted molar refractivity (Wildman–Crippen MR) is 175 cm³/mol. The van der Waals surface area contributed by atoms with Crippen LogP contribution in [0.25, 0.3) is 11.4 Å². The highest BCUT2D eigenvalue weighted by Crippen LogP contribution is 2.32. The van der Waals surface area contributed by atoms with Gasteiger partial charge in [0, 0.05) is 28.1 Å². The van der Waals surface area contributed by atoms with Crippen LogP contribution in [0.15, 0.2) is 114 Å². The van der Waals surface area contributed by atoms with Gasteiger partial charge in [0.2, 0.25) is 17.9 Å². The molecule has 2 atom stereocenters. The standard InChI is InChI=1S/C34H31N9O3/c1-21(2)29(32(44)35-24-15-7-4-8-16-24)43-27-19-10-9-18-26(27)28(22-12-5-3-6-13-22)37-31(33(43)45)38-34(46)36-25-17-11-14-23(20-25)30-39-41-42-40-30/h3-21,29,31H,1-2H3,(H,35,44)(H2,36,38,46)(H,39,40,41,42). The lowest BCUT2D eigenvalue weighted by atomic mass is 9.96. The van der Waals surface area contributed by atoms with Crippen LogP contribution in [0.2, 0.25) is 0 Å². The number of nitrogens with one attached hydrogen (secondary N) is 4. The Morgan fingerprint density at radius 1 is 0.804 bits per heavy atom. The van der Waals surface area contributed by atoms with Crippen LogP contribution in [-0.2, 0) is 9.59 Å². The molecule has 6 rings (SSSR count). The Morgan fingerprint density at radius 2 is 1.48 bits per heavy atom. The van der Waals surface area contributed by atoms with Gasteiger partial charge in [-0.3, -0.25) is 14.5 Å².